The van der Waals surface area contributed by atoms with Crippen LogP contribution in [0.25, 0.3) is 0 Å². The van der Waals surface area contributed by atoms with Crippen LogP contribution in [0.5, 0.6) is 0 Å². The molecule has 0 spiro atoms. The molecule has 17 heavy (non-hydrogen) atoms. The van der Waals surface area contributed by atoms with Crippen molar-refractivity contribution in [1.29, 1.82) is 5.26 Å². The minimum Gasteiger partial charge on any atom is -0.326 e. The lowest BCUT2D eigenvalue weighted by Gasteiger charge is -2.11. The van der Waals surface area contributed by atoms with Crippen LogP contribution in [0.1, 0.15) is 24.8 Å². The first kappa shape index (κ1) is 12.0. The van der Waals surface area contributed by atoms with Crippen molar-refractivity contribution in [1.82, 2.24) is 0 Å². The molecule has 1 aliphatic carbocycles. The van der Waals surface area contributed by atoms with Crippen LogP contribution in [0.4, 0.5) is 5.69 Å². The minimum absolute atomic E-state index is 0.00615. The summed E-state index contributed by atoms with van der Waals surface area (Å²) in [5.41, 5.74) is 1.36. The van der Waals surface area contributed by atoms with Crippen molar-refractivity contribution >= 4 is 24.2 Å². The molecule has 1 saturated carbocycles. The fraction of sp³-hybridized carbons (Fsp3) is 0.385. The van der Waals surface area contributed by atoms with Gasteiger partial charge in [0, 0.05) is 12.1 Å². The Morgan fingerprint density at radius 3 is 2.88 bits per heavy atom. The second-order valence-corrected chi connectivity index (χ2v) is 4.89. The highest BCUT2D eigenvalue weighted by Gasteiger charge is 2.42. The number of thiol groups is 1. The van der Waals surface area contributed by atoms with E-state index >= 15 is 0 Å². The maximum atomic E-state index is 11.8. The number of nitriles is 1. The van der Waals surface area contributed by atoms with Gasteiger partial charge in [-0.05, 0) is 42.2 Å². The summed E-state index contributed by atoms with van der Waals surface area (Å²) in [5.74, 6) is 0.769. The number of nitrogens with one attached hydrogen (secondary N) is 1. The Hall–Kier alpha value is -1.47. The highest BCUT2D eigenvalue weighted by molar-refractivity contribution is 7.80. The van der Waals surface area contributed by atoms with Gasteiger partial charge in [0.2, 0.25) is 5.91 Å². The maximum Gasteiger partial charge on any atom is 0.224 e. The number of nitrogens with zero attached hydrogens (tertiary/aromatic N) is 1. The molecule has 1 amide bonds. The number of carbonyl (C=O) groups is 1. The topological polar surface area (TPSA) is 52.9 Å². The Bertz CT molecular complexity index is 475. The molecule has 0 atom stereocenters. The monoisotopic (exact) mass is 246 g/mol. The fourth-order valence-corrected chi connectivity index (χ4v) is 2.21. The summed E-state index contributed by atoms with van der Waals surface area (Å²) in [6.07, 6.45) is 2.69. The quantitative estimate of drug-likeness (QED) is 0.802. The fourth-order valence-electron chi connectivity index (χ4n) is 1.78. The summed E-state index contributed by atoms with van der Waals surface area (Å²) in [4.78, 5) is 11.8. The Balaban J connectivity index is 1.96. The van der Waals surface area contributed by atoms with Gasteiger partial charge in [-0.25, -0.2) is 0 Å². The number of anilines is 1. The highest BCUT2D eigenvalue weighted by atomic mass is 32.1. The van der Waals surface area contributed by atoms with Crippen molar-refractivity contribution in [3.63, 3.8) is 0 Å². The number of benzene rings is 1. The first-order valence-corrected chi connectivity index (χ1v) is 6.22. The predicted molar refractivity (Wildman–Crippen MR) is 69.9 cm³/mol. The zero-order chi connectivity index (χ0) is 12.3. The third-order valence-corrected chi connectivity index (χ3v) is 3.77. The molecule has 4 heteroatoms. The lowest BCUT2D eigenvalue weighted by molar-refractivity contribution is -0.117. The number of hydrogen-bond donors (Lipinski definition) is 2. The molecule has 1 N–H and O–H groups in total. The van der Waals surface area contributed by atoms with Gasteiger partial charge < -0.3 is 5.32 Å². The van der Waals surface area contributed by atoms with Gasteiger partial charge in [0.15, 0.2) is 0 Å². The van der Waals surface area contributed by atoms with Crippen LogP contribution >= 0.6 is 12.6 Å². The summed E-state index contributed by atoms with van der Waals surface area (Å²) in [5, 5.41) is 11.6. The molecular weight excluding hydrogens is 232 g/mol. The van der Waals surface area contributed by atoms with Crippen LogP contribution in [-0.2, 0) is 4.79 Å². The SMILES string of the molecule is N#Cc1cccc(NC(=O)CC2(CS)CC2)c1. The molecule has 2 rings (SSSR count). The van der Waals surface area contributed by atoms with Crippen molar-refractivity contribution in [2.75, 3.05) is 11.1 Å². The summed E-state index contributed by atoms with van der Waals surface area (Å²) in [6.45, 7) is 0. The van der Waals surface area contributed by atoms with Crippen molar-refractivity contribution in [2.24, 2.45) is 5.41 Å². The van der Waals surface area contributed by atoms with Gasteiger partial charge in [0.05, 0.1) is 11.6 Å². The summed E-state index contributed by atoms with van der Waals surface area (Å²) in [7, 11) is 0. The maximum absolute atomic E-state index is 11.8. The lowest BCUT2D eigenvalue weighted by atomic mass is 10.1. The van der Waals surface area contributed by atoms with Crippen molar-refractivity contribution in [2.45, 2.75) is 19.3 Å². The van der Waals surface area contributed by atoms with Crippen LogP contribution in [-0.4, -0.2) is 11.7 Å². The Morgan fingerprint density at radius 2 is 2.29 bits per heavy atom. The van der Waals surface area contributed by atoms with E-state index in [4.69, 9.17) is 5.26 Å². The first-order valence-electron chi connectivity index (χ1n) is 5.58. The van der Waals surface area contributed by atoms with Crippen LogP contribution in [0.3, 0.4) is 0 Å². The highest BCUT2D eigenvalue weighted by Crippen LogP contribution is 2.49. The van der Waals surface area contributed by atoms with Gasteiger partial charge in [-0.3, -0.25) is 4.79 Å². The predicted octanol–water partition coefficient (Wildman–Crippen LogP) is 2.60. The molecule has 1 aromatic carbocycles. The third-order valence-electron chi connectivity index (χ3n) is 3.10. The van der Waals surface area contributed by atoms with E-state index in [1.807, 2.05) is 6.07 Å². The van der Waals surface area contributed by atoms with Gasteiger partial charge in [0.1, 0.15) is 0 Å². The Kier molecular flexibility index (Phi) is 3.39. The van der Waals surface area contributed by atoms with E-state index in [1.165, 1.54) is 0 Å². The zero-order valence-electron chi connectivity index (χ0n) is 9.44. The van der Waals surface area contributed by atoms with Gasteiger partial charge in [-0.15, -0.1) is 0 Å². The third kappa shape index (κ3) is 3.01. The molecule has 0 aromatic heterocycles. The van der Waals surface area contributed by atoms with Gasteiger partial charge in [0.25, 0.3) is 0 Å². The average Bonchev–Trinajstić information content (AvgIpc) is 3.09. The second-order valence-electron chi connectivity index (χ2n) is 4.58. The largest absolute Gasteiger partial charge is 0.326 e. The average molecular weight is 246 g/mol. The summed E-state index contributed by atoms with van der Waals surface area (Å²) in [6, 6.07) is 9.00. The van der Waals surface area contributed by atoms with Crippen molar-refractivity contribution in [3.8, 4) is 6.07 Å². The van der Waals surface area contributed by atoms with Crippen LogP contribution < -0.4 is 5.32 Å². The first-order chi connectivity index (χ1) is 8.17. The molecule has 0 bridgehead atoms. The van der Waals surface area contributed by atoms with Crippen molar-refractivity contribution < 1.29 is 4.79 Å². The van der Waals surface area contributed by atoms with Crippen LogP contribution in [0.2, 0.25) is 0 Å². The molecule has 0 saturated heterocycles. The molecule has 3 nitrogen and oxygen atoms in total. The van der Waals surface area contributed by atoms with Crippen molar-refractivity contribution in [3.05, 3.63) is 29.8 Å². The number of amides is 1. The summed E-state index contributed by atoms with van der Waals surface area (Å²) >= 11 is 4.27. The van der Waals surface area contributed by atoms with Gasteiger partial charge >= 0.3 is 0 Å². The molecule has 0 heterocycles. The number of carbonyl (C=O) groups excluding carboxylic acids is 1. The van der Waals surface area contributed by atoms with E-state index in [0.717, 1.165) is 18.6 Å². The van der Waals surface area contributed by atoms with E-state index in [2.05, 4.69) is 17.9 Å². The summed E-state index contributed by atoms with van der Waals surface area (Å²) < 4.78 is 0. The molecule has 0 unspecified atom stereocenters. The van der Waals surface area contributed by atoms with Gasteiger partial charge in [-0.1, -0.05) is 6.07 Å². The molecule has 1 aromatic rings. The number of rotatable bonds is 4. The van der Waals surface area contributed by atoms with E-state index in [1.54, 1.807) is 24.3 Å². The Morgan fingerprint density at radius 1 is 1.53 bits per heavy atom. The van der Waals surface area contributed by atoms with E-state index < -0.39 is 0 Å². The van der Waals surface area contributed by atoms with Crippen LogP contribution in [0, 0.1) is 16.7 Å². The normalized spacial score (nSPS) is 16.0. The molecular formula is C13H14N2OS. The smallest absolute Gasteiger partial charge is 0.224 e. The molecule has 0 aliphatic heterocycles. The number of hydrogen-bond acceptors (Lipinski definition) is 3. The molecule has 88 valence electrons. The molecule has 1 aliphatic rings. The molecule has 1 fully saturated rings. The van der Waals surface area contributed by atoms with Gasteiger partial charge in [-0.2, -0.15) is 17.9 Å². The standard InChI is InChI=1S/C13H14N2OS/c14-8-10-2-1-3-11(6-10)15-12(16)7-13(9-17)4-5-13/h1-3,6,17H,4-5,7,9H2,(H,15,16). The van der Waals surface area contributed by atoms with E-state index in [0.29, 0.717) is 17.7 Å². The van der Waals surface area contributed by atoms with Crippen LogP contribution in [0.15, 0.2) is 24.3 Å². The molecule has 0 radical (unpaired) electrons. The zero-order valence-corrected chi connectivity index (χ0v) is 10.3. The second kappa shape index (κ2) is 4.80. The van der Waals surface area contributed by atoms with E-state index in [9.17, 15) is 4.79 Å². The lowest BCUT2D eigenvalue weighted by Crippen LogP contribution is -2.18. The Labute approximate surface area is 106 Å². The minimum atomic E-state index is 0.00615. The van der Waals surface area contributed by atoms with E-state index in [-0.39, 0.29) is 11.3 Å².